The van der Waals surface area contributed by atoms with Gasteiger partial charge in [-0.05, 0) is 0 Å². The van der Waals surface area contributed by atoms with E-state index in [-0.39, 0.29) is 5.78 Å². The van der Waals surface area contributed by atoms with Gasteiger partial charge in [-0.1, -0.05) is 35.6 Å². The van der Waals surface area contributed by atoms with E-state index in [4.69, 9.17) is 0 Å². The Morgan fingerprint density at radius 3 is 2.75 bits per heavy atom. The van der Waals surface area contributed by atoms with Crippen molar-refractivity contribution in [1.29, 1.82) is 0 Å². The number of nitrogens with zero attached hydrogens (tertiary/aromatic N) is 1. The molecule has 0 spiro atoms. The predicted octanol–water partition coefficient (Wildman–Crippen LogP) is 1.92. The van der Waals surface area contributed by atoms with Gasteiger partial charge in [0, 0.05) is 11.1 Å². The highest BCUT2D eigenvalue weighted by Crippen LogP contribution is 2.40. The molecular weight excluding hydrogens is 224 g/mol. The van der Waals surface area contributed by atoms with Crippen LogP contribution < -0.4 is 5.32 Å². The highest BCUT2D eigenvalue weighted by atomic mass is 32.1. The molecule has 78 valence electrons. The fourth-order valence-corrected chi connectivity index (χ4v) is 2.67. The largest absolute Gasteiger partial charge is 0.305 e. The number of hydrogen-bond acceptors (Lipinski definition) is 4. The molecule has 5 heteroatoms. The number of benzene rings is 1. The van der Waals surface area contributed by atoms with Crippen LogP contribution in [0.5, 0.6) is 0 Å². The first-order chi connectivity index (χ1) is 7.81. The first-order valence-electron chi connectivity index (χ1n) is 4.66. The Kier molecular flexibility index (Phi) is 1.87. The first-order valence-corrected chi connectivity index (χ1v) is 5.48. The molecule has 3 rings (SSSR count). The molecule has 0 saturated carbocycles. The van der Waals surface area contributed by atoms with Crippen LogP contribution in [0.3, 0.4) is 0 Å². The lowest BCUT2D eigenvalue weighted by Gasteiger charge is -1.96. The topological polar surface area (TPSA) is 59.1 Å². The maximum atomic E-state index is 12.0. The third-order valence-corrected chi connectivity index (χ3v) is 3.43. The Bertz CT molecular complexity index is 604. The summed E-state index contributed by atoms with van der Waals surface area (Å²) in [5.74, 6) is -0.0120. The van der Waals surface area contributed by atoms with Gasteiger partial charge in [0.2, 0.25) is 12.2 Å². The molecule has 0 unspecified atom stereocenters. The number of carbonyl (C=O) groups excluding carboxylic acids is 2. The van der Waals surface area contributed by atoms with Crippen LogP contribution in [0.15, 0.2) is 24.3 Å². The SMILES string of the molecule is O=CNc1nc2c(s1)C(=O)c1ccccc1-2. The van der Waals surface area contributed by atoms with E-state index in [1.54, 1.807) is 6.07 Å². The summed E-state index contributed by atoms with van der Waals surface area (Å²) in [6.45, 7) is 0. The molecule has 0 saturated heterocycles. The summed E-state index contributed by atoms with van der Waals surface area (Å²) >= 11 is 1.21. The average molecular weight is 230 g/mol. The molecule has 2 aromatic rings. The number of anilines is 1. The fraction of sp³-hybridized carbons (Fsp3) is 0. The van der Waals surface area contributed by atoms with Crippen LogP contribution in [-0.4, -0.2) is 17.2 Å². The molecule has 1 amide bonds. The number of hydrogen-bond donors (Lipinski definition) is 1. The van der Waals surface area contributed by atoms with Crippen LogP contribution in [0.2, 0.25) is 0 Å². The van der Waals surface area contributed by atoms with E-state index in [1.165, 1.54) is 11.3 Å². The summed E-state index contributed by atoms with van der Waals surface area (Å²) in [4.78, 5) is 27.1. The van der Waals surface area contributed by atoms with Crippen LogP contribution in [-0.2, 0) is 4.79 Å². The Morgan fingerprint density at radius 2 is 2.00 bits per heavy atom. The Labute approximate surface area is 94.9 Å². The number of carbonyl (C=O) groups is 2. The van der Waals surface area contributed by atoms with E-state index in [2.05, 4.69) is 10.3 Å². The molecule has 0 radical (unpaired) electrons. The number of fused-ring (bicyclic) bond motifs is 3. The molecule has 1 aromatic carbocycles. The maximum Gasteiger partial charge on any atom is 0.213 e. The predicted molar refractivity (Wildman–Crippen MR) is 60.7 cm³/mol. The van der Waals surface area contributed by atoms with Gasteiger partial charge in [-0.15, -0.1) is 0 Å². The van der Waals surface area contributed by atoms with E-state index >= 15 is 0 Å². The Balaban J connectivity index is 2.21. The molecule has 1 heterocycles. The van der Waals surface area contributed by atoms with Gasteiger partial charge in [0.1, 0.15) is 4.88 Å². The van der Waals surface area contributed by atoms with Crippen molar-refractivity contribution in [2.75, 3.05) is 5.32 Å². The molecule has 0 fully saturated rings. The summed E-state index contributed by atoms with van der Waals surface area (Å²) in [6, 6.07) is 7.35. The summed E-state index contributed by atoms with van der Waals surface area (Å²) in [7, 11) is 0. The van der Waals surface area contributed by atoms with Gasteiger partial charge in [0.15, 0.2) is 5.13 Å². The molecule has 1 aliphatic carbocycles. The number of ketones is 1. The molecule has 1 aromatic heterocycles. The van der Waals surface area contributed by atoms with Crippen molar-refractivity contribution in [2.45, 2.75) is 0 Å². The molecule has 0 atom stereocenters. The van der Waals surface area contributed by atoms with E-state index in [0.717, 1.165) is 5.56 Å². The van der Waals surface area contributed by atoms with Gasteiger partial charge < -0.3 is 5.32 Å². The molecular formula is C11H6N2O2S. The van der Waals surface area contributed by atoms with Crippen LogP contribution in [0.4, 0.5) is 5.13 Å². The van der Waals surface area contributed by atoms with Gasteiger partial charge in [-0.3, -0.25) is 9.59 Å². The Hall–Kier alpha value is -2.01. The summed E-state index contributed by atoms with van der Waals surface area (Å²) < 4.78 is 0. The lowest BCUT2D eigenvalue weighted by atomic mass is 10.1. The van der Waals surface area contributed by atoms with Gasteiger partial charge >= 0.3 is 0 Å². The van der Waals surface area contributed by atoms with Crippen molar-refractivity contribution in [2.24, 2.45) is 0 Å². The number of rotatable bonds is 2. The second-order valence-corrected chi connectivity index (χ2v) is 4.33. The van der Waals surface area contributed by atoms with Gasteiger partial charge in [-0.2, -0.15) is 0 Å². The summed E-state index contributed by atoms with van der Waals surface area (Å²) in [6.07, 6.45) is 0.560. The number of nitrogens with one attached hydrogen (secondary N) is 1. The lowest BCUT2D eigenvalue weighted by molar-refractivity contribution is -0.105. The molecule has 0 aliphatic heterocycles. The molecule has 0 bridgehead atoms. The quantitative estimate of drug-likeness (QED) is 0.684. The van der Waals surface area contributed by atoms with Gasteiger partial charge in [0.05, 0.1) is 5.69 Å². The van der Waals surface area contributed by atoms with E-state index in [0.29, 0.717) is 27.7 Å². The molecule has 4 nitrogen and oxygen atoms in total. The monoisotopic (exact) mass is 230 g/mol. The standard InChI is InChI=1S/C11H6N2O2S/c14-5-12-11-13-8-6-3-1-2-4-7(6)9(15)10(8)16-11/h1-5H,(H,12,13,14). The van der Waals surface area contributed by atoms with Crippen LogP contribution >= 0.6 is 11.3 Å². The number of aromatic nitrogens is 1. The highest BCUT2D eigenvalue weighted by molar-refractivity contribution is 7.18. The van der Waals surface area contributed by atoms with E-state index < -0.39 is 0 Å². The van der Waals surface area contributed by atoms with Crippen molar-refractivity contribution in [3.63, 3.8) is 0 Å². The van der Waals surface area contributed by atoms with Crippen molar-refractivity contribution in [1.82, 2.24) is 4.98 Å². The van der Waals surface area contributed by atoms with Crippen molar-refractivity contribution >= 4 is 28.7 Å². The molecule has 1 N–H and O–H groups in total. The second kappa shape index (κ2) is 3.24. The minimum Gasteiger partial charge on any atom is -0.305 e. The van der Waals surface area contributed by atoms with Crippen LogP contribution in [0, 0.1) is 0 Å². The van der Waals surface area contributed by atoms with E-state index in [9.17, 15) is 9.59 Å². The third-order valence-electron chi connectivity index (χ3n) is 2.44. The number of thiazole rings is 1. The first kappa shape index (κ1) is 9.23. The van der Waals surface area contributed by atoms with Gasteiger partial charge in [0.25, 0.3) is 0 Å². The van der Waals surface area contributed by atoms with Crippen molar-refractivity contribution in [3.8, 4) is 11.3 Å². The zero-order chi connectivity index (χ0) is 11.1. The van der Waals surface area contributed by atoms with Crippen molar-refractivity contribution < 1.29 is 9.59 Å². The Morgan fingerprint density at radius 1 is 1.25 bits per heavy atom. The second-order valence-electron chi connectivity index (χ2n) is 3.33. The summed E-state index contributed by atoms with van der Waals surface area (Å²) in [5.41, 5.74) is 2.21. The zero-order valence-electron chi connectivity index (χ0n) is 8.06. The van der Waals surface area contributed by atoms with Gasteiger partial charge in [-0.25, -0.2) is 4.98 Å². The average Bonchev–Trinajstić information content (AvgIpc) is 2.81. The van der Waals surface area contributed by atoms with Crippen molar-refractivity contribution in [3.05, 3.63) is 34.7 Å². The smallest absolute Gasteiger partial charge is 0.213 e. The molecule has 16 heavy (non-hydrogen) atoms. The third kappa shape index (κ3) is 1.12. The minimum absolute atomic E-state index is 0.0120. The number of amides is 1. The lowest BCUT2D eigenvalue weighted by Crippen LogP contribution is -1.94. The minimum atomic E-state index is -0.0120. The molecule has 1 aliphatic rings. The maximum absolute atomic E-state index is 12.0. The van der Waals surface area contributed by atoms with Crippen LogP contribution in [0.1, 0.15) is 15.2 Å². The highest BCUT2D eigenvalue weighted by Gasteiger charge is 2.30. The summed E-state index contributed by atoms with van der Waals surface area (Å²) in [5, 5.41) is 2.92. The van der Waals surface area contributed by atoms with E-state index in [1.807, 2.05) is 18.2 Å². The van der Waals surface area contributed by atoms with Crippen LogP contribution in [0.25, 0.3) is 11.3 Å². The zero-order valence-corrected chi connectivity index (χ0v) is 8.88. The fourth-order valence-electron chi connectivity index (χ4n) is 1.78. The normalized spacial score (nSPS) is 12.1.